The zero-order valence-corrected chi connectivity index (χ0v) is 17.7. The molecule has 1 aliphatic rings. The average molecular weight is 426 g/mol. The maximum absolute atomic E-state index is 12.5. The van der Waals surface area contributed by atoms with E-state index in [0.717, 1.165) is 12.8 Å². The number of imidazole rings is 1. The number of nitrogens with zero attached hydrogens (tertiary/aromatic N) is 6. The lowest BCUT2D eigenvalue weighted by Crippen LogP contribution is -2.47. The van der Waals surface area contributed by atoms with Gasteiger partial charge in [-0.15, -0.1) is 0 Å². The van der Waals surface area contributed by atoms with Crippen molar-refractivity contribution in [2.24, 2.45) is 0 Å². The quantitative estimate of drug-likeness (QED) is 0.666. The highest BCUT2D eigenvalue weighted by Gasteiger charge is 2.31. The highest BCUT2D eigenvalue weighted by atomic mass is 32.2. The van der Waals surface area contributed by atoms with Crippen LogP contribution in [0.5, 0.6) is 0 Å². The van der Waals surface area contributed by atoms with Crippen LogP contribution in [-0.4, -0.2) is 56.5 Å². The van der Waals surface area contributed by atoms with Crippen LogP contribution < -0.4 is 5.32 Å². The van der Waals surface area contributed by atoms with E-state index in [0.29, 0.717) is 41.6 Å². The summed E-state index contributed by atoms with van der Waals surface area (Å²) < 4.78 is 28.4. The molecule has 1 N–H and O–H groups in total. The molecule has 4 heterocycles. The number of hydrogen-bond acceptors (Lipinski definition) is 7. The number of rotatable bonds is 5. The van der Waals surface area contributed by atoms with Gasteiger partial charge in [0.1, 0.15) is 23.2 Å². The molecule has 1 saturated heterocycles. The lowest BCUT2D eigenvalue weighted by Gasteiger charge is -2.33. The summed E-state index contributed by atoms with van der Waals surface area (Å²) >= 11 is 0. The molecule has 156 valence electrons. The molecular weight excluding hydrogens is 402 g/mol. The van der Waals surface area contributed by atoms with Crippen molar-refractivity contribution >= 4 is 21.5 Å². The van der Waals surface area contributed by atoms with Crippen molar-refractivity contribution < 1.29 is 8.42 Å². The lowest BCUT2D eigenvalue weighted by atomic mass is 10.1. The monoisotopic (exact) mass is 425 g/mol. The first-order valence-electron chi connectivity index (χ1n) is 9.84. The molecule has 0 aliphatic carbocycles. The number of fused-ring (bicyclic) bond motifs is 1. The predicted molar refractivity (Wildman–Crippen MR) is 113 cm³/mol. The maximum Gasteiger partial charge on any atom is 0.216 e. The van der Waals surface area contributed by atoms with Gasteiger partial charge in [0.2, 0.25) is 10.0 Å². The summed E-state index contributed by atoms with van der Waals surface area (Å²) in [6, 6.07) is 7.35. The number of nitrogens with one attached hydrogen (secondary N) is 1. The van der Waals surface area contributed by atoms with E-state index in [-0.39, 0.29) is 6.04 Å². The Kier molecular flexibility index (Phi) is 5.40. The summed E-state index contributed by atoms with van der Waals surface area (Å²) in [5.74, 6) is 1.10. The zero-order valence-electron chi connectivity index (χ0n) is 16.9. The molecule has 1 fully saturated rings. The van der Waals surface area contributed by atoms with Crippen molar-refractivity contribution in [3.8, 4) is 17.6 Å². The van der Waals surface area contributed by atoms with Gasteiger partial charge < -0.3 is 5.32 Å². The first-order chi connectivity index (χ1) is 14.4. The second kappa shape index (κ2) is 8.01. The Hall–Kier alpha value is -3.03. The molecule has 30 heavy (non-hydrogen) atoms. The molecule has 1 unspecified atom stereocenters. The van der Waals surface area contributed by atoms with Gasteiger partial charge >= 0.3 is 0 Å². The Morgan fingerprint density at radius 3 is 2.87 bits per heavy atom. The Bertz CT molecular complexity index is 1210. The van der Waals surface area contributed by atoms with Gasteiger partial charge in [0.05, 0.1) is 17.0 Å². The third-order valence-electron chi connectivity index (χ3n) is 5.21. The minimum Gasteiger partial charge on any atom is -0.366 e. The molecule has 0 bridgehead atoms. The van der Waals surface area contributed by atoms with Crippen LogP contribution in [0.15, 0.2) is 36.8 Å². The van der Waals surface area contributed by atoms with Gasteiger partial charge in [0.25, 0.3) is 0 Å². The van der Waals surface area contributed by atoms with Gasteiger partial charge in [-0.05, 0) is 44.9 Å². The van der Waals surface area contributed by atoms with Crippen LogP contribution in [-0.2, 0) is 10.0 Å². The predicted octanol–water partition coefficient (Wildman–Crippen LogP) is 2.28. The third-order valence-corrected chi connectivity index (χ3v) is 7.45. The van der Waals surface area contributed by atoms with Crippen molar-refractivity contribution in [1.82, 2.24) is 23.7 Å². The molecule has 0 saturated carbocycles. The number of pyridine rings is 1. The van der Waals surface area contributed by atoms with Crippen LogP contribution in [0.2, 0.25) is 0 Å². The topological polar surface area (TPSA) is 116 Å². The fraction of sp³-hybridized carbons (Fsp3) is 0.400. The molecular formula is C20H23N7O2S. The van der Waals surface area contributed by atoms with Crippen molar-refractivity contribution in [2.45, 2.75) is 38.0 Å². The van der Waals surface area contributed by atoms with Crippen LogP contribution >= 0.6 is 0 Å². The summed E-state index contributed by atoms with van der Waals surface area (Å²) in [7, 11) is -3.28. The number of nitriles is 1. The third kappa shape index (κ3) is 3.86. The van der Waals surface area contributed by atoms with Crippen LogP contribution in [0.1, 0.15) is 32.3 Å². The van der Waals surface area contributed by atoms with Crippen molar-refractivity contribution in [3.05, 3.63) is 42.4 Å². The fourth-order valence-electron chi connectivity index (χ4n) is 3.57. The van der Waals surface area contributed by atoms with E-state index in [2.05, 4.69) is 26.3 Å². The summed E-state index contributed by atoms with van der Waals surface area (Å²) in [5, 5.41) is 12.1. The molecule has 0 aromatic carbocycles. The normalized spacial score (nSPS) is 17.9. The zero-order chi connectivity index (χ0) is 21.3. The molecule has 3 aromatic heterocycles. The SMILES string of the molecule is CC(C)S(=O)(=O)N1CCCC(Nc2ccnc(-c3cnc4ccc(C#N)cn34)n2)C1. The molecule has 9 nitrogen and oxygen atoms in total. The second-order valence-corrected chi connectivity index (χ2v) is 10.1. The highest BCUT2D eigenvalue weighted by Crippen LogP contribution is 2.22. The molecule has 3 aromatic rings. The summed E-state index contributed by atoms with van der Waals surface area (Å²) in [5.41, 5.74) is 1.90. The minimum absolute atomic E-state index is 0.0256. The number of anilines is 1. The van der Waals surface area contributed by atoms with Gasteiger partial charge in [-0.25, -0.2) is 23.4 Å². The van der Waals surface area contributed by atoms with Crippen LogP contribution in [0, 0.1) is 11.3 Å². The van der Waals surface area contributed by atoms with E-state index in [1.165, 1.54) is 0 Å². The second-order valence-electron chi connectivity index (χ2n) is 7.60. The van der Waals surface area contributed by atoms with E-state index in [1.807, 2.05) is 0 Å². The van der Waals surface area contributed by atoms with Crippen molar-refractivity contribution in [3.63, 3.8) is 0 Å². The van der Waals surface area contributed by atoms with E-state index < -0.39 is 15.3 Å². The van der Waals surface area contributed by atoms with Gasteiger partial charge in [-0.2, -0.15) is 9.57 Å². The van der Waals surface area contributed by atoms with Gasteiger partial charge in [-0.1, -0.05) is 0 Å². The molecule has 0 amide bonds. The minimum atomic E-state index is -3.28. The van der Waals surface area contributed by atoms with Crippen LogP contribution in [0.3, 0.4) is 0 Å². The summed E-state index contributed by atoms with van der Waals surface area (Å²) in [6.45, 7) is 4.38. The molecule has 0 spiro atoms. The first kappa shape index (κ1) is 20.3. The standard InChI is InChI=1S/C20H23N7O2S/c1-14(2)30(28,29)26-9-3-4-16(13-26)24-18-7-8-22-20(25-18)17-11-23-19-6-5-15(10-21)12-27(17)19/h5-8,11-12,14,16H,3-4,9,13H2,1-2H3,(H,22,24,25). The number of aromatic nitrogens is 4. The number of sulfonamides is 1. The Morgan fingerprint density at radius 2 is 2.10 bits per heavy atom. The van der Waals surface area contributed by atoms with Crippen LogP contribution in [0.25, 0.3) is 17.2 Å². The molecule has 1 aliphatic heterocycles. The number of hydrogen-bond donors (Lipinski definition) is 1. The molecule has 10 heteroatoms. The van der Waals surface area contributed by atoms with Crippen LogP contribution in [0.4, 0.5) is 5.82 Å². The van der Waals surface area contributed by atoms with E-state index in [4.69, 9.17) is 5.26 Å². The van der Waals surface area contributed by atoms with Crippen molar-refractivity contribution in [1.29, 1.82) is 5.26 Å². The van der Waals surface area contributed by atoms with Gasteiger partial charge in [0, 0.05) is 31.5 Å². The average Bonchev–Trinajstić information content (AvgIpc) is 3.17. The van der Waals surface area contributed by atoms with E-state index in [9.17, 15) is 8.42 Å². The van der Waals surface area contributed by atoms with Gasteiger partial charge in [0.15, 0.2) is 5.82 Å². The Morgan fingerprint density at radius 1 is 1.27 bits per heavy atom. The maximum atomic E-state index is 12.5. The summed E-state index contributed by atoms with van der Waals surface area (Å²) in [6.07, 6.45) is 6.70. The Labute approximate surface area is 175 Å². The molecule has 1 atom stereocenters. The summed E-state index contributed by atoms with van der Waals surface area (Å²) in [4.78, 5) is 13.3. The van der Waals surface area contributed by atoms with E-state index in [1.54, 1.807) is 59.3 Å². The molecule has 0 radical (unpaired) electrons. The largest absolute Gasteiger partial charge is 0.366 e. The first-order valence-corrected chi connectivity index (χ1v) is 11.3. The smallest absolute Gasteiger partial charge is 0.216 e. The Balaban J connectivity index is 1.57. The highest BCUT2D eigenvalue weighted by molar-refractivity contribution is 7.89. The lowest BCUT2D eigenvalue weighted by molar-refractivity contribution is 0.324. The fourth-order valence-corrected chi connectivity index (χ4v) is 4.94. The number of piperidine rings is 1. The molecule has 4 rings (SSSR count). The van der Waals surface area contributed by atoms with E-state index >= 15 is 0 Å². The van der Waals surface area contributed by atoms with Gasteiger partial charge in [-0.3, -0.25) is 4.40 Å². The van der Waals surface area contributed by atoms with Crippen molar-refractivity contribution in [2.75, 3.05) is 18.4 Å².